The number of carbonyl (C=O) groups excluding carboxylic acids is 1. The zero-order chi connectivity index (χ0) is 19.6. The van der Waals surface area contributed by atoms with Gasteiger partial charge >= 0.3 is 5.97 Å². The molecule has 0 aliphatic carbocycles. The lowest BCUT2D eigenvalue weighted by Gasteiger charge is -2.28. The van der Waals surface area contributed by atoms with Crippen molar-refractivity contribution < 1.29 is 9.53 Å². The molecule has 1 unspecified atom stereocenters. The summed E-state index contributed by atoms with van der Waals surface area (Å²) in [7, 11) is 5.39. The first-order chi connectivity index (χ1) is 13.0. The summed E-state index contributed by atoms with van der Waals surface area (Å²) in [4.78, 5) is 19.2. The van der Waals surface area contributed by atoms with Crippen LogP contribution in [0.25, 0.3) is 0 Å². The molecule has 1 aromatic carbocycles. The maximum Gasteiger partial charge on any atom is 0.338 e. The molecule has 1 N–H and O–H groups in total. The van der Waals surface area contributed by atoms with Crippen molar-refractivity contribution in [2.24, 2.45) is 0 Å². The van der Waals surface area contributed by atoms with E-state index in [2.05, 4.69) is 22.3 Å². The van der Waals surface area contributed by atoms with Gasteiger partial charge in [-0.25, -0.2) is 9.48 Å². The van der Waals surface area contributed by atoms with Crippen LogP contribution in [-0.4, -0.2) is 47.7 Å². The number of nitrogens with zero attached hydrogens (tertiary/aromatic N) is 4. The predicted octanol–water partition coefficient (Wildman–Crippen LogP) is 3.31. The molecule has 0 fully saturated rings. The van der Waals surface area contributed by atoms with Gasteiger partial charge in [-0.3, -0.25) is 0 Å². The molecule has 27 heavy (non-hydrogen) atoms. The highest BCUT2D eigenvalue weighted by molar-refractivity contribution is 7.99. The number of nitrogens with one attached hydrogen (secondary N) is 1. The van der Waals surface area contributed by atoms with Gasteiger partial charge in [0.25, 0.3) is 0 Å². The Labute approximate surface area is 163 Å². The van der Waals surface area contributed by atoms with E-state index in [1.165, 1.54) is 7.11 Å². The Morgan fingerprint density at radius 1 is 1.33 bits per heavy atom. The maximum atomic E-state index is 12.5. The van der Waals surface area contributed by atoms with Crippen LogP contribution in [0.5, 0.6) is 0 Å². The zero-order valence-corrected chi connectivity index (χ0v) is 17.1. The van der Waals surface area contributed by atoms with E-state index < -0.39 is 0 Å². The summed E-state index contributed by atoms with van der Waals surface area (Å²) >= 11 is 1.61. The minimum atomic E-state index is -0.381. The molecule has 2 heterocycles. The summed E-state index contributed by atoms with van der Waals surface area (Å²) in [5.41, 5.74) is 3.32. The Morgan fingerprint density at radius 3 is 2.63 bits per heavy atom. The van der Waals surface area contributed by atoms with Crippen molar-refractivity contribution in [2.75, 3.05) is 37.2 Å². The largest absolute Gasteiger partial charge is 0.466 e. The number of hydrogen-bond acceptors (Lipinski definition) is 7. The van der Waals surface area contributed by atoms with Crippen molar-refractivity contribution in [3.8, 4) is 0 Å². The number of aromatic nitrogens is 3. The summed E-state index contributed by atoms with van der Waals surface area (Å²) in [6, 6.07) is 7.72. The number of fused-ring (bicyclic) bond motifs is 1. The van der Waals surface area contributed by atoms with Gasteiger partial charge in [-0.1, -0.05) is 30.8 Å². The summed E-state index contributed by atoms with van der Waals surface area (Å²) < 4.78 is 6.83. The highest BCUT2D eigenvalue weighted by atomic mass is 32.2. The van der Waals surface area contributed by atoms with Gasteiger partial charge in [0.15, 0.2) is 0 Å². The van der Waals surface area contributed by atoms with Crippen LogP contribution in [0.1, 0.15) is 31.9 Å². The van der Waals surface area contributed by atoms with Gasteiger partial charge in [0.2, 0.25) is 11.1 Å². The fourth-order valence-corrected chi connectivity index (χ4v) is 3.71. The first-order valence-corrected chi connectivity index (χ1v) is 9.87. The van der Waals surface area contributed by atoms with Crippen LogP contribution < -0.4 is 10.2 Å². The number of rotatable bonds is 6. The molecule has 0 saturated heterocycles. The van der Waals surface area contributed by atoms with Crippen LogP contribution in [0.15, 0.2) is 40.7 Å². The number of esters is 1. The molecule has 144 valence electrons. The van der Waals surface area contributed by atoms with Crippen molar-refractivity contribution >= 4 is 29.4 Å². The quantitative estimate of drug-likeness (QED) is 0.602. The van der Waals surface area contributed by atoms with Crippen molar-refractivity contribution in [3.05, 3.63) is 41.1 Å². The molecular weight excluding hydrogens is 362 g/mol. The van der Waals surface area contributed by atoms with E-state index in [1.807, 2.05) is 50.2 Å². The minimum Gasteiger partial charge on any atom is -0.466 e. The first-order valence-electron chi connectivity index (χ1n) is 8.89. The smallest absolute Gasteiger partial charge is 0.338 e. The summed E-state index contributed by atoms with van der Waals surface area (Å²) in [5.74, 6) is 1.22. The molecule has 0 spiro atoms. The van der Waals surface area contributed by atoms with Crippen molar-refractivity contribution in [1.82, 2.24) is 14.8 Å². The average Bonchev–Trinajstić information content (AvgIpc) is 3.07. The Hall–Kier alpha value is -2.48. The molecule has 1 aliphatic rings. The fourth-order valence-electron chi connectivity index (χ4n) is 3.02. The fraction of sp³-hybridized carbons (Fsp3) is 0.421. The lowest BCUT2D eigenvalue weighted by molar-refractivity contribution is -0.136. The number of carbonyl (C=O) groups is 1. The Morgan fingerprint density at radius 2 is 2.04 bits per heavy atom. The van der Waals surface area contributed by atoms with E-state index in [9.17, 15) is 4.79 Å². The molecule has 8 heteroatoms. The molecular formula is C19H25N5O2S. The average molecular weight is 388 g/mol. The predicted molar refractivity (Wildman–Crippen MR) is 108 cm³/mol. The molecule has 0 amide bonds. The highest BCUT2D eigenvalue weighted by Gasteiger charge is 2.34. The van der Waals surface area contributed by atoms with Crippen LogP contribution >= 0.6 is 11.8 Å². The van der Waals surface area contributed by atoms with Crippen molar-refractivity contribution in [2.45, 2.75) is 31.5 Å². The number of hydrogen-bond donors (Lipinski definition) is 1. The van der Waals surface area contributed by atoms with Crippen LogP contribution in [0, 0.1) is 0 Å². The third-order valence-corrected chi connectivity index (χ3v) is 5.44. The van der Waals surface area contributed by atoms with Gasteiger partial charge in [-0.05, 0) is 31.0 Å². The minimum absolute atomic E-state index is 0.370. The Balaban J connectivity index is 2.08. The molecule has 1 atom stereocenters. The number of methoxy groups -OCH3 is 1. The van der Waals surface area contributed by atoms with E-state index in [0.717, 1.165) is 29.1 Å². The van der Waals surface area contributed by atoms with Gasteiger partial charge in [0, 0.05) is 31.2 Å². The van der Waals surface area contributed by atoms with E-state index in [-0.39, 0.29) is 12.0 Å². The monoisotopic (exact) mass is 387 g/mol. The summed E-state index contributed by atoms with van der Waals surface area (Å²) in [5, 5.41) is 8.56. The molecule has 1 aliphatic heterocycles. The lowest BCUT2D eigenvalue weighted by Crippen LogP contribution is -2.29. The number of ether oxygens (including phenoxy) is 1. The van der Waals surface area contributed by atoms with Crippen LogP contribution in [0.2, 0.25) is 0 Å². The number of allylic oxidation sites excluding steroid dienone is 1. The van der Waals surface area contributed by atoms with Crippen LogP contribution in [-0.2, 0) is 9.53 Å². The normalized spacial score (nSPS) is 16.0. The SMILES string of the molecule is CCCSc1nc2n(n1)C(c1ccc(N(C)C)cc1)C(C(=O)OC)=C(C)N2. The maximum absolute atomic E-state index is 12.5. The number of anilines is 2. The van der Waals surface area contributed by atoms with E-state index in [4.69, 9.17) is 4.74 Å². The second-order valence-electron chi connectivity index (χ2n) is 6.55. The second-order valence-corrected chi connectivity index (χ2v) is 7.62. The zero-order valence-electron chi connectivity index (χ0n) is 16.3. The van der Waals surface area contributed by atoms with Gasteiger partial charge in [-0.15, -0.1) is 5.10 Å². The van der Waals surface area contributed by atoms with E-state index in [1.54, 1.807) is 16.4 Å². The summed E-state index contributed by atoms with van der Waals surface area (Å²) in [6.45, 7) is 3.99. The van der Waals surface area contributed by atoms with Gasteiger partial charge < -0.3 is 15.0 Å². The summed E-state index contributed by atoms with van der Waals surface area (Å²) in [6.07, 6.45) is 1.04. The topological polar surface area (TPSA) is 72.3 Å². The molecule has 2 aromatic rings. The highest BCUT2D eigenvalue weighted by Crippen LogP contribution is 2.37. The first kappa shape index (κ1) is 19.3. The lowest BCUT2D eigenvalue weighted by atomic mass is 9.95. The van der Waals surface area contributed by atoms with E-state index in [0.29, 0.717) is 16.7 Å². The Kier molecular flexibility index (Phi) is 5.74. The van der Waals surface area contributed by atoms with Gasteiger partial charge in [0.05, 0.1) is 12.7 Å². The molecule has 0 saturated carbocycles. The van der Waals surface area contributed by atoms with E-state index >= 15 is 0 Å². The second kappa shape index (κ2) is 8.04. The molecule has 3 rings (SSSR count). The molecule has 7 nitrogen and oxygen atoms in total. The van der Waals surface area contributed by atoms with Crippen molar-refractivity contribution in [1.29, 1.82) is 0 Å². The molecule has 0 radical (unpaired) electrons. The third kappa shape index (κ3) is 3.80. The van der Waals surface area contributed by atoms with Crippen molar-refractivity contribution in [3.63, 3.8) is 0 Å². The Bertz CT molecular complexity index is 857. The number of benzene rings is 1. The van der Waals surface area contributed by atoms with Crippen LogP contribution in [0.3, 0.4) is 0 Å². The third-order valence-electron chi connectivity index (χ3n) is 4.40. The standard InChI is InChI=1S/C19H25N5O2S/c1-6-11-27-19-21-18-20-12(2)15(17(25)26-5)16(24(18)22-19)13-7-9-14(10-8-13)23(3)4/h7-10,16H,6,11H2,1-5H3,(H,20,21,22). The van der Waals surface area contributed by atoms with Gasteiger partial charge in [-0.2, -0.15) is 4.98 Å². The van der Waals surface area contributed by atoms with Crippen LogP contribution in [0.4, 0.5) is 11.6 Å². The number of thioether (sulfide) groups is 1. The van der Waals surface area contributed by atoms with Gasteiger partial charge in [0.1, 0.15) is 6.04 Å². The molecule has 1 aromatic heterocycles. The molecule has 0 bridgehead atoms.